The summed E-state index contributed by atoms with van der Waals surface area (Å²) < 4.78 is 3.46. The van der Waals surface area contributed by atoms with Gasteiger partial charge in [-0.05, 0) is 0 Å². The van der Waals surface area contributed by atoms with Crippen molar-refractivity contribution in [1.29, 1.82) is 0 Å². The molecular weight excluding hydrogens is 562 g/mol. The molecule has 2 aromatic rings. The maximum atomic E-state index is 4.06. The van der Waals surface area contributed by atoms with Crippen LogP contribution in [0.4, 0.5) is 0 Å². The van der Waals surface area contributed by atoms with Crippen molar-refractivity contribution in [3.8, 4) is 11.1 Å². The Bertz CT molecular complexity index is 1010. The first kappa shape index (κ1) is 24.4. The molecule has 150 valence electrons. The third-order valence-corrected chi connectivity index (χ3v) is 13.8. The van der Waals surface area contributed by atoms with Crippen molar-refractivity contribution in [2.24, 2.45) is 5.41 Å². The Morgan fingerprint density at radius 2 is 1.59 bits per heavy atom. The second-order valence-electron chi connectivity index (χ2n) is 8.43. The first-order chi connectivity index (χ1) is 12.9. The van der Waals surface area contributed by atoms with Gasteiger partial charge in [0.25, 0.3) is 0 Å². The van der Waals surface area contributed by atoms with E-state index in [4.69, 9.17) is 0 Å². The minimum Gasteiger partial charge on any atom is -1.00 e. The number of halogens is 2. The van der Waals surface area contributed by atoms with Gasteiger partial charge in [-0.1, -0.05) is 0 Å². The molecule has 2 aliphatic rings. The maximum Gasteiger partial charge on any atom is -1.00 e. The normalized spacial score (nSPS) is 18.4. The van der Waals surface area contributed by atoms with E-state index in [0.29, 0.717) is 5.92 Å². The number of rotatable bonds is 4. The third-order valence-electron chi connectivity index (χ3n) is 6.81. The van der Waals surface area contributed by atoms with E-state index in [-0.39, 0.29) is 30.2 Å². The van der Waals surface area contributed by atoms with Gasteiger partial charge in [-0.3, -0.25) is 0 Å². The van der Waals surface area contributed by atoms with E-state index in [1.807, 2.05) is 0 Å². The first-order valence-electron chi connectivity index (χ1n) is 9.87. The summed E-state index contributed by atoms with van der Waals surface area (Å²) in [5.74, 6) is 0.484. The van der Waals surface area contributed by atoms with Crippen LogP contribution in [-0.2, 0) is 22.9 Å². The molecule has 0 aliphatic heterocycles. The molecule has 3 heteroatoms. The number of fused-ring (bicyclic) bond motifs is 3. The molecule has 0 fully saturated rings. The Balaban J connectivity index is 0.00000150. The van der Waals surface area contributed by atoms with Crippen LogP contribution in [0.2, 0.25) is 0 Å². The molecule has 2 aliphatic carbocycles. The number of allylic oxidation sites excluding steroid dienone is 5. The molecule has 0 amide bonds. The summed E-state index contributed by atoms with van der Waals surface area (Å²) >= 11 is -1.16. The average molecular weight is 590 g/mol. The number of hydrogen-bond donors (Lipinski definition) is 0. The van der Waals surface area contributed by atoms with Crippen LogP contribution < -0.4 is 28.1 Å². The molecule has 1 atom stereocenters. The molecular formula is C26H28Cl2Hf. The van der Waals surface area contributed by atoms with Crippen molar-refractivity contribution in [1.82, 2.24) is 0 Å². The SMILES string of the molecule is C=CCC1c2ccccc2-c2ccc[c]([Hf+2][C]3=C(C)C(C)=C(C)C3(C)C)c21.[Cl-].[Cl-]. The van der Waals surface area contributed by atoms with E-state index in [0.717, 1.165) is 6.42 Å². The van der Waals surface area contributed by atoms with Gasteiger partial charge in [0, 0.05) is 0 Å². The number of benzene rings is 2. The molecule has 0 radical (unpaired) electrons. The van der Waals surface area contributed by atoms with Gasteiger partial charge in [0.05, 0.1) is 0 Å². The Hall–Kier alpha value is -0.890. The van der Waals surface area contributed by atoms with Gasteiger partial charge in [0.15, 0.2) is 0 Å². The predicted octanol–water partition coefficient (Wildman–Crippen LogP) is 0.741. The minimum absolute atomic E-state index is 0. The molecule has 0 nitrogen and oxygen atoms in total. The maximum absolute atomic E-state index is 4.06. The van der Waals surface area contributed by atoms with E-state index in [1.54, 1.807) is 23.4 Å². The van der Waals surface area contributed by atoms with Crippen molar-refractivity contribution >= 4 is 3.32 Å². The van der Waals surface area contributed by atoms with Gasteiger partial charge < -0.3 is 24.8 Å². The summed E-state index contributed by atoms with van der Waals surface area (Å²) in [7, 11) is 0. The molecule has 29 heavy (non-hydrogen) atoms. The Kier molecular flexibility index (Phi) is 7.64. The van der Waals surface area contributed by atoms with Crippen LogP contribution in [0.25, 0.3) is 11.1 Å². The summed E-state index contributed by atoms with van der Waals surface area (Å²) in [5.41, 5.74) is 10.9. The van der Waals surface area contributed by atoms with E-state index >= 15 is 0 Å². The zero-order valence-electron chi connectivity index (χ0n) is 17.9. The van der Waals surface area contributed by atoms with Crippen molar-refractivity contribution in [2.45, 2.75) is 47.0 Å². The van der Waals surface area contributed by atoms with Crippen LogP contribution in [-0.4, -0.2) is 0 Å². The van der Waals surface area contributed by atoms with Crippen LogP contribution in [0.5, 0.6) is 0 Å². The van der Waals surface area contributed by atoms with Crippen LogP contribution in [0, 0.1) is 5.41 Å². The second kappa shape index (κ2) is 9.08. The fraction of sp³-hybridized carbons (Fsp3) is 0.308. The van der Waals surface area contributed by atoms with Gasteiger partial charge in [0.1, 0.15) is 0 Å². The summed E-state index contributed by atoms with van der Waals surface area (Å²) in [6.45, 7) is 15.9. The van der Waals surface area contributed by atoms with Crippen molar-refractivity contribution < 1.29 is 47.7 Å². The summed E-state index contributed by atoms with van der Waals surface area (Å²) in [4.78, 5) is 0. The molecule has 2 aromatic carbocycles. The zero-order chi connectivity index (χ0) is 19.3. The van der Waals surface area contributed by atoms with Gasteiger partial charge >= 0.3 is 176 Å². The first-order valence-corrected chi connectivity index (χ1v) is 13.5. The van der Waals surface area contributed by atoms with Gasteiger partial charge in [-0.2, -0.15) is 0 Å². The topological polar surface area (TPSA) is 0 Å². The molecule has 0 spiro atoms. The Morgan fingerprint density at radius 3 is 2.21 bits per heavy atom. The molecule has 0 saturated heterocycles. The van der Waals surface area contributed by atoms with Crippen LogP contribution in [0.1, 0.15) is 58.1 Å². The smallest absolute Gasteiger partial charge is 1.00 e. The molecule has 0 saturated carbocycles. The Morgan fingerprint density at radius 1 is 0.931 bits per heavy atom. The summed E-state index contributed by atoms with van der Waals surface area (Å²) in [6, 6.07) is 16.0. The number of hydrogen-bond acceptors (Lipinski definition) is 0. The average Bonchev–Trinajstić information content (AvgIpc) is 3.05. The zero-order valence-corrected chi connectivity index (χ0v) is 23.0. The minimum atomic E-state index is -1.16. The fourth-order valence-electron chi connectivity index (χ4n) is 4.88. The summed E-state index contributed by atoms with van der Waals surface area (Å²) in [5, 5.41) is 0. The second-order valence-corrected chi connectivity index (χ2v) is 13.1. The van der Waals surface area contributed by atoms with E-state index in [2.05, 4.69) is 89.7 Å². The van der Waals surface area contributed by atoms with Crippen LogP contribution >= 0.6 is 0 Å². The van der Waals surface area contributed by atoms with Crippen molar-refractivity contribution in [3.63, 3.8) is 0 Å². The molecule has 0 heterocycles. The molecule has 1 unspecified atom stereocenters. The monoisotopic (exact) mass is 590 g/mol. The van der Waals surface area contributed by atoms with Crippen molar-refractivity contribution in [2.75, 3.05) is 0 Å². The van der Waals surface area contributed by atoms with E-state index < -0.39 is 22.9 Å². The molecule has 0 bridgehead atoms. The van der Waals surface area contributed by atoms with E-state index in [9.17, 15) is 0 Å². The molecule has 0 aromatic heterocycles. The standard InChI is InChI=1S/C16H13.C10H15.2ClH.Hf/c1-2-7-12-13-8-3-5-10-15(13)16-11-6-4-9-14(12)16;1-7-6-10(4,5)9(3)8(7)2;;;/h2-6,8,10-12H,1,7H2;1-5H3;2*1H;/q;;;;+2/p-2. The summed E-state index contributed by atoms with van der Waals surface area (Å²) in [6.07, 6.45) is 3.13. The van der Waals surface area contributed by atoms with E-state index in [1.165, 1.54) is 22.3 Å². The van der Waals surface area contributed by atoms with Crippen LogP contribution in [0.15, 0.2) is 75.2 Å². The Labute approximate surface area is 199 Å². The largest absolute Gasteiger partial charge is 1.00 e. The van der Waals surface area contributed by atoms with Gasteiger partial charge in [-0.15, -0.1) is 0 Å². The molecule has 4 rings (SSSR count). The molecule has 0 N–H and O–H groups in total. The predicted molar refractivity (Wildman–Crippen MR) is 113 cm³/mol. The van der Waals surface area contributed by atoms with Gasteiger partial charge in [0.2, 0.25) is 0 Å². The quantitative estimate of drug-likeness (QED) is 0.365. The third kappa shape index (κ3) is 3.80. The van der Waals surface area contributed by atoms with Crippen LogP contribution in [0.3, 0.4) is 0 Å². The van der Waals surface area contributed by atoms with Crippen molar-refractivity contribution in [3.05, 3.63) is 86.3 Å². The fourth-order valence-corrected chi connectivity index (χ4v) is 11.2. The van der Waals surface area contributed by atoms with Gasteiger partial charge in [-0.25, -0.2) is 0 Å².